The van der Waals surface area contributed by atoms with E-state index in [4.69, 9.17) is 4.74 Å². The first-order valence-electron chi connectivity index (χ1n) is 10.4. The number of carbonyl (C=O) groups is 1. The molecule has 0 radical (unpaired) electrons. The van der Waals surface area contributed by atoms with Gasteiger partial charge in [-0.05, 0) is 65.7 Å². The van der Waals surface area contributed by atoms with Crippen LogP contribution in [0.2, 0.25) is 0 Å². The number of hydrogen-bond acceptors (Lipinski definition) is 4. The number of nitrogens with zero attached hydrogens (tertiary/aromatic N) is 1. The smallest absolute Gasteiger partial charge is 0.262 e. The Bertz CT molecular complexity index is 1180. The average Bonchev–Trinajstić information content (AvgIpc) is 2.80. The van der Waals surface area contributed by atoms with Gasteiger partial charge in [0.1, 0.15) is 11.8 Å². The molecule has 0 aromatic heterocycles. The molecule has 1 amide bonds. The van der Waals surface area contributed by atoms with Crippen molar-refractivity contribution in [3.8, 4) is 5.75 Å². The van der Waals surface area contributed by atoms with Crippen molar-refractivity contribution in [3.05, 3.63) is 84.4 Å². The van der Waals surface area contributed by atoms with Crippen molar-refractivity contribution < 1.29 is 9.53 Å². The second-order valence-corrected chi connectivity index (χ2v) is 7.29. The van der Waals surface area contributed by atoms with Crippen LogP contribution in [0.15, 0.2) is 84.0 Å². The first-order chi connectivity index (χ1) is 15.2. The molecule has 0 fully saturated rings. The van der Waals surface area contributed by atoms with Crippen LogP contribution >= 0.6 is 0 Å². The standard InChI is InChI=1S/C26H25N3O2/c1-3-31-22-14-12-21(13-15-22)28-18(2)26(30)29-27-17-25-23-10-6-4-8-19(23)16-20-9-5-7-11-24(20)25/h4-18,28H,3H2,1-2H3,(H,29,30)/b27-17-/t18-/m1/s1. The highest BCUT2D eigenvalue weighted by Crippen LogP contribution is 2.27. The minimum atomic E-state index is -0.445. The van der Waals surface area contributed by atoms with Gasteiger partial charge in [0.05, 0.1) is 12.8 Å². The number of hydrazone groups is 1. The molecule has 4 rings (SSSR count). The van der Waals surface area contributed by atoms with E-state index in [1.807, 2.05) is 55.5 Å². The van der Waals surface area contributed by atoms with Crippen LogP contribution in [0.5, 0.6) is 5.75 Å². The van der Waals surface area contributed by atoms with Crippen molar-refractivity contribution in [1.82, 2.24) is 5.43 Å². The van der Waals surface area contributed by atoms with Crippen molar-refractivity contribution in [3.63, 3.8) is 0 Å². The molecular weight excluding hydrogens is 386 g/mol. The molecule has 0 saturated heterocycles. The molecule has 0 aliphatic rings. The van der Waals surface area contributed by atoms with Crippen molar-refractivity contribution in [1.29, 1.82) is 0 Å². The van der Waals surface area contributed by atoms with Crippen LogP contribution in [-0.4, -0.2) is 24.8 Å². The molecule has 4 aromatic rings. The number of amides is 1. The maximum absolute atomic E-state index is 12.5. The summed E-state index contributed by atoms with van der Waals surface area (Å²) in [6.07, 6.45) is 1.73. The summed E-state index contributed by atoms with van der Waals surface area (Å²) < 4.78 is 5.44. The van der Waals surface area contributed by atoms with Gasteiger partial charge in [-0.3, -0.25) is 4.79 Å². The molecular formula is C26H25N3O2. The van der Waals surface area contributed by atoms with Gasteiger partial charge < -0.3 is 10.1 Å². The van der Waals surface area contributed by atoms with Gasteiger partial charge in [-0.25, -0.2) is 5.43 Å². The third-order valence-corrected chi connectivity index (χ3v) is 5.12. The normalized spacial score (nSPS) is 12.2. The van der Waals surface area contributed by atoms with Crippen molar-refractivity contribution in [2.45, 2.75) is 19.9 Å². The lowest BCUT2D eigenvalue weighted by atomic mass is 9.97. The zero-order chi connectivity index (χ0) is 21.6. The van der Waals surface area contributed by atoms with Crippen molar-refractivity contribution >= 4 is 39.4 Å². The molecule has 2 N–H and O–H groups in total. The Hall–Kier alpha value is -3.86. The van der Waals surface area contributed by atoms with E-state index >= 15 is 0 Å². The Morgan fingerprint density at radius 1 is 0.968 bits per heavy atom. The lowest BCUT2D eigenvalue weighted by molar-refractivity contribution is -0.121. The fraction of sp³-hybridized carbons (Fsp3) is 0.154. The summed E-state index contributed by atoms with van der Waals surface area (Å²) in [5.41, 5.74) is 4.49. The fourth-order valence-electron chi connectivity index (χ4n) is 3.57. The number of carbonyl (C=O) groups excluding carboxylic acids is 1. The van der Waals surface area contributed by atoms with Crippen LogP contribution < -0.4 is 15.5 Å². The van der Waals surface area contributed by atoms with Crippen LogP contribution in [0.3, 0.4) is 0 Å². The first kappa shape index (κ1) is 20.4. The first-order valence-corrected chi connectivity index (χ1v) is 10.4. The molecule has 5 nitrogen and oxygen atoms in total. The highest BCUT2D eigenvalue weighted by Gasteiger charge is 2.12. The van der Waals surface area contributed by atoms with E-state index in [-0.39, 0.29) is 5.91 Å². The quantitative estimate of drug-likeness (QED) is 0.245. The predicted octanol–water partition coefficient (Wildman–Crippen LogP) is 5.34. The molecule has 0 spiro atoms. The largest absolute Gasteiger partial charge is 0.494 e. The summed E-state index contributed by atoms with van der Waals surface area (Å²) in [6.45, 7) is 4.37. The summed E-state index contributed by atoms with van der Waals surface area (Å²) in [7, 11) is 0. The van der Waals surface area contributed by atoms with Crippen LogP contribution in [0, 0.1) is 0 Å². The van der Waals surface area contributed by atoms with Gasteiger partial charge in [0.25, 0.3) is 5.91 Å². The number of ether oxygens (including phenoxy) is 1. The molecule has 1 atom stereocenters. The van der Waals surface area contributed by atoms with E-state index in [9.17, 15) is 4.79 Å². The number of nitrogens with one attached hydrogen (secondary N) is 2. The van der Waals surface area contributed by atoms with E-state index in [2.05, 4.69) is 46.2 Å². The van der Waals surface area contributed by atoms with Crippen LogP contribution in [0.25, 0.3) is 21.5 Å². The third-order valence-electron chi connectivity index (χ3n) is 5.12. The van der Waals surface area contributed by atoms with Crippen LogP contribution in [0.4, 0.5) is 5.69 Å². The van der Waals surface area contributed by atoms with Gasteiger partial charge >= 0.3 is 0 Å². The minimum absolute atomic E-state index is 0.213. The maximum atomic E-state index is 12.5. The molecule has 0 unspecified atom stereocenters. The van der Waals surface area contributed by atoms with E-state index in [1.54, 1.807) is 13.1 Å². The van der Waals surface area contributed by atoms with Gasteiger partial charge in [0.2, 0.25) is 0 Å². The average molecular weight is 412 g/mol. The van der Waals surface area contributed by atoms with E-state index in [1.165, 1.54) is 0 Å². The van der Waals surface area contributed by atoms with E-state index < -0.39 is 6.04 Å². The molecule has 0 aliphatic heterocycles. The lowest BCUT2D eigenvalue weighted by Crippen LogP contribution is -2.34. The number of anilines is 1. The highest BCUT2D eigenvalue weighted by atomic mass is 16.5. The SMILES string of the molecule is CCOc1ccc(N[C@H](C)C(=O)N/N=C\c2c3ccccc3cc3ccccc23)cc1. The highest BCUT2D eigenvalue weighted by molar-refractivity contribution is 6.13. The summed E-state index contributed by atoms with van der Waals surface area (Å²) >= 11 is 0. The molecule has 31 heavy (non-hydrogen) atoms. The zero-order valence-electron chi connectivity index (χ0n) is 17.6. The number of hydrogen-bond donors (Lipinski definition) is 2. The lowest BCUT2D eigenvalue weighted by Gasteiger charge is -2.14. The van der Waals surface area contributed by atoms with Gasteiger partial charge in [0.15, 0.2) is 0 Å². The zero-order valence-corrected chi connectivity index (χ0v) is 17.6. The molecule has 0 aliphatic carbocycles. The van der Waals surface area contributed by atoms with Crippen molar-refractivity contribution in [2.24, 2.45) is 5.10 Å². The van der Waals surface area contributed by atoms with E-state index in [0.29, 0.717) is 6.61 Å². The number of benzene rings is 4. The van der Waals surface area contributed by atoms with Gasteiger partial charge in [0, 0.05) is 11.3 Å². The molecule has 0 bridgehead atoms. The van der Waals surface area contributed by atoms with Crippen molar-refractivity contribution in [2.75, 3.05) is 11.9 Å². The molecule has 0 saturated carbocycles. The maximum Gasteiger partial charge on any atom is 0.262 e. The van der Waals surface area contributed by atoms with Gasteiger partial charge in [-0.1, -0.05) is 48.5 Å². The Balaban J connectivity index is 1.48. The summed E-state index contributed by atoms with van der Waals surface area (Å²) in [4.78, 5) is 12.5. The van der Waals surface area contributed by atoms with Crippen LogP contribution in [0.1, 0.15) is 19.4 Å². The molecule has 0 heterocycles. The Morgan fingerprint density at radius 2 is 1.58 bits per heavy atom. The topological polar surface area (TPSA) is 62.7 Å². The number of fused-ring (bicyclic) bond motifs is 2. The van der Waals surface area contributed by atoms with Gasteiger partial charge in [-0.2, -0.15) is 5.10 Å². The summed E-state index contributed by atoms with van der Waals surface area (Å²) in [6, 6.07) is 25.6. The number of rotatable bonds is 7. The summed E-state index contributed by atoms with van der Waals surface area (Å²) in [5, 5.41) is 11.9. The van der Waals surface area contributed by atoms with E-state index in [0.717, 1.165) is 38.5 Å². The second-order valence-electron chi connectivity index (χ2n) is 7.29. The Labute approximate surface area is 181 Å². The second kappa shape index (κ2) is 9.30. The molecule has 5 heteroatoms. The fourth-order valence-corrected chi connectivity index (χ4v) is 3.57. The third kappa shape index (κ3) is 4.67. The minimum Gasteiger partial charge on any atom is -0.494 e. The molecule has 156 valence electrons. The van der Waals surface area contributed by atoms with Gasteiger partial charge in [-0.15, -0.1) is 0 Å². The predicted molar refractivity (Wildman–Crippen MR) is 128 cm³/mol. The van der Waals surface area contributed by atoms with Crippen LogP contribution in [-0.2, 0) is 4.79 Å². The molecule has 4 aromatic carbocycles. The summed E-state index contributed by atoms with van der Waals surface area (Å²) in [5.74, 6) is 0.590. The Morgan fingerprint density at radius 3 is 2.19 bits per heavy atom. The monoisotopic (exact) mass is 411 g/mol. The Kier molecular flexibility index (Phi) is 6.13.